The van der Waals surface area contributed by atoms with Crippen LogP contribution in [0, 0.1) is 12.8 Å². The van der Waals surface area contributed by atoms with Gasteiger partial charge in [0.15, 0.2) is 15.8 Å². The Labute approximate surface area is 175 Å². The maximum atomic E-state index is 11.7. The molecule has 1 aliphatic rings. The smallest absolute Gasteiger partial charge is 0.191 e. The predicted molar refractivity (Wildman–Crippen MR) is 119 cm³/mol. The van der Waals surface area contributed by atoms with Gasteiger partial charge < -0.3 is 10.6 Å². The van der Waals surface area contributed by atoms with Gasteiger partial charge >= 0.3 is 0 Å². The minimum atomic E-state index is -3.16. The molecule has 0 bridgehead atoms. The average Bonchev–Trinajstić information content (AvgIpc) is 3.06. The molecular formula is C19H32IN3O2S. The van der Waals surface area contributed by atoms with E-state index in [-0.39, 0.29) is 24.0 Å². The first-order valence-electron chi connectivity index (χ1n) is 9.14. The van der Waals surface area contributed by atoms with Crippen LogP contribution in [0.4, 0.5) is 0 Å². The summed E-state index contributed by atoms with van der Waals surface area (Å²) in [6.07, 6.45) is 9.32. The number of hydrogen-bond acceptors (Lipinski definition) is 3. The van der Waals surface area contributed by atoms with E-state index in [1.807, 2.05) is 19.1 Å². The molecule has 0 heterocycles. The van der Waals surface area contributed by atoms with Gasteiger partial charge in [-0.15, -0.1) is 24.0 Å². The fraction of sp³-hybridized carbons (Fsp3) is 0.632. The number of nitrogens with one attached hydrogen (secondary N) is 2. The summed E-state index contributed by atoms with van der Waals surface area (Å²) in [7, 11) is -1.40. The van der Waals surface area contributed by atoms with E-state index in [4.69, 9.17) is 0 Å². The monoisotopic (exact) mass is 493 g/mol. The van der Waals surface area contributed by atoms with Crippen LogP contribution in [0.1, 0.15) is 49.7 Å². The van der Waals surface area contributed by atoms with Crippen LogP contribution < -0.4 is 10.6 Å². The molecule has 0 saturated heterocycles. The van der Waals surface area contributed by atoms with Crippen LogP contribution in [0.25, 0.3) is 0 Å². The average molecular weight is 493 g/mol. The molecule has 148 valence electrons. The van der Waals surface area contributed by atoms with Crippen LogP contribution in [0.5, 0.6) is 0 Å². The Hall–Kier alpha value is -0.830. The number of nitrogens with zero attached hydrogens (tertiary/aromatic N) is 1. The first kappa shape index (κ1) is 23.2. The third kappa shape index (κ3) is 7.42. The van der Waals surface area contributed by atoms with Gasteiger partial charge in [-0.3, -0.25) is 4.99 Å². The molecule has 0 aromatic heterocycles. The molecule has 0 amide bonds. The van der Waals surface area contributed by atoms with Crippen molar-refractivity contribution in [1.29, 1.82) is 0 Å². The standard InChI is InChI=1S/C19H31N3O2S.HI/c1-15-13-17(10-11-18(15)25(3,23)24)14-22-19(20-2)21-12-6-9-16-7-4-5-8-16;/h10-11,13,16H,4-9,12,14H2,1-3H3,(H2,20,21,22);1H. The summed E-state index contributed by atoms with van der Waals surface area (Å²) >= 11 is 0. The normalized spacial score (nSPS) is 15.6. The number of rotatable bonds is 7. The van der Waals surface area contributed by atoms with E-state index in [0.29, 0.717) is 11.4 Å². The lowest BCUT2D eigenvalue weighted by atomic mass is 10.0. The Kier molecular flexibility index (Phi) is 9.92. The van der Waals surface area contributed by atoms with Crippen LogP contribution in [0.15, 0.2) is 28.1 Å². The molecule has 0 atom stereocenters. The van der Waals surface area contributed by atoms with Crippen molar-refractivity contribution in [2.75, 3.05) is 19.8 Å². The van der Waals surface area contributed by atoms with Gasteiger partial charge in [-0.2, -0.15) is 0 Å². The second kappa shape index (κ2) is 11.1. The quantitative estimate of drug-likeness (QED) is 0.263. The van der Waals surface area contributed by atoms with Gasteiger partial charge in [0.2, 0.25) is 0 Å². The summed E-state index contributed by atoms with van der Waals surface area (Å²) in [5.41, 5.74) is 1.82. The van der Waals surface area contributed by atoms with Crippen LogP contribution in [0.2, 0.25) is 0 Å². The van der Waals surface area contributed by atoms with E-state index in [9.17, 15) is 8.42 Å². The molecule has 2 rings (SSSR count). The summed E-state index contributed by atoms with van der Waals surface area (Å²) in [5, 5.41) is 6.65. The highest BCUT2D eigenvalue weighted by Crippen LogP contribution is 2.28. The SMILES string of the molecule is CN=C(NCCCC1CCCC1)NCc1ccc(S(C)(=O)=O)c(C)c1.I. The molecule has 26 heavy (non-hydrogen) atoms. The van der Waals surface area contributed by atoms with Gasteiger partial charge in [0.05, 0.1) is 4.90 Å². The van der Waals surface area contributed by atoms with Crippen LogP contribution in [0.3, 0.4) is 0 Å². The Morgan fingerprint density at radius 2 is 1.92 bits per heavy atom. The van der Waals surface area contributed by atoms with E-state index >= 15 is 0 Å². The first-order chi connectivity index (χ1) is 11.9. The van der Waals surface area contributed by atoms with Gasteiger partial charge in [-0.1, -0.05) is 37.8 Å². The molecule has 2 N–H and O–H groups in total. The van der Waals surface area contributed by atoms with Crippen molar-refractivity contribution in [1.82, 2.24) is 10.6 Å². The Morgan fingerprint density at radius 3 is 2.50 bits per heavy atom. The zero-order valence-corrected chi connectivity index (χ0v) is 19.2. The van der Waals surface area contributed by atoms with E-state index in [1.54, 1.807) is 13.1 Å². The Bertz CT molecular complexity index is 699. The second-order valence-corrected chi connectivity index (χ2v) is 9.00. The zero-order chi connectivity index (χ0) is 18.3. The van der Waals surface area contributed by atoms with E-state index < -0.39 is 9.84 Å². The molecular weight excluding hydrogens is 461 g/mol. The van der Waals surface area contributed by atoms with Crippen LogP contribution in [-0.2, 0) is 16.4 Å². The minimum absolute atomic E-state index is 0. The zero-order valence-electron chi connectivity index (χ0n) is 16.0. The first-order valence-corrected chi connectivity index (χ1v) is 11.0. The Balaban J connectivity index is 0.00000338. The minimum Gasteiger partial charge on any atom is -0.356 e. The lowest BCUT2D eigenvalue weighted by Crippen LogP contribution is -2.37. The summed E-state index contributed by atoms with van der Waals surface area (Å²) in [6, 6.07) is 5.44. The molecule has 1 saturated carbocycles. The van der Waals surface area contributed by atoms with Crippen molar-refractivity contribution in [3.05, 3.63) is 29.3 Å². The number of aliphatic imine (C=N–C) groups is 1. The summed E-state index contributed by atoms with van der Waals surface area (Å²) in [4.78, 5) is 4.64. The van der Waals surface area contributed by atoms with Gasteiger partial charge in [-0.25, -0.2) is 8.42 Å². The van der Waals surface area contributed by atoms with Crippen molar-refractivity contribution >= 4 is 39.8 Å². The predicted octanol–water partition coefficient (Wildman–Crippen LogP) is 3.65. The molecule has 5 nitrogen and oxygen atoms in total. The van der Waals surface area contributed by atoms with Crippen molar-refractivity contribution in [3.63, 3.8) is 0 Å². The third-order valence-electron chi connectivity index (χ3n) is 4.88. The van der Waals surface area contributed by atoms with Crippen molar-refractivity contribution < 1.29 is 8.42 Å². The number of aryl methyl sites for hydroxylation is 1. The number of halogens is 1. The van der Waals surface area contributed by atoms with Crippen molar-refractivity contribution in [3.8, 4) is 0 Å². The lowest BCUT2D eigenvalue weighted by Gasteiger charge is -2.14. The fourth-order valence-corrected chi connectivity index (χ4v) is 4.50. The van der Waals surface area contributed by atoms with Gasteiger partial charge in [0.1, 0.15) is 0 Å². The molecule has 0 radical (unpaired) electrons. The Morgan fingerprint density at radius 1 is 1.23 bits per heavy atom. The second-order valence-electron chi connectivity index (χ2n) is 7.02. The van der Waals surface area contributed by atoms with Crippen molar-refractivity contribution in [2.45, 2.75) is 56.9 Å². The molecule has 0 aliphatic heterocycles. The van der Waals surface area contributed by atoms with Gasteiger partial charge in [0, 0.05) is 26.4 Å². The molecule has 1 aromatic carbocycles. The molecule has 7 heteroatoms. The fourth-order valence-electron chi connectivity index (χ4n) is 3.54. The number of benzene rings is 1. The number of sulfone groups is 1. The highest BCUT2D eigenvalue weighted by Gasteiger charge is 2.14. The molecule has 0 spiro atoms. The summed E-state index contributed by atoms with van der Waals surface area (Å²) in [6.45, 7) is 3.38. The lowest BCUT2D eigenvalue weighted by molar-refractivity contribution is 0.481. The number of hydrogen-bond donors (Lipinski definition) is 2. The van der Waals surface area contributed by atoms with Gasteiger partial charge in [0.25, 0.3) is 0 Å². The summed E-state index contributed by atoms with van der Waals surface area (Å²) in [5.74, 6) is 1.71. The van der Waals surface area contributed by atoms with E-state index in [2.05, 4.69) is 15.6 Å². The largest absolute Gasteiger partial charge is 0.356 e. The molecule has 1 aromatic rings. The van der Waals surface area contributed by atoms with E-state index in [1.165, 1.54) is 44.8 Å². The molecule has 1 fully saturated rings. The third-order valence-corrected chi connectivity index (χ3v) is 6.14. The van der Waals surface area contributed by atoms with Crippen molar-refractivity contribution in [2.24, 2.45) is 10.9 Å². The van der Waals surface area contributed by atoms with Crippen LogP contribution in [-0.4, -0.2) is 34.2 Å². The molecule has 1 aliphatic carbocycles. The maximum absolute atomic E-state index is 11.7. The highest BCUT2D eigenvalue weighted by molar-refractivity contribution is 14.0. The topological polar surface area (TPSA) is 70.6 Å². The van der Waals surface area contributed by atoms with Gasteiger partial charge in [-0.05, 0) is 42.9 Å². The maximum Gasteiger partial charge on any atom is 0.191 e. The summed E-state index contributed by atoms with van der Waals surface area (Å²) < 4.78 is 23.3. The number of guanidine groups is 1. The van der Waals surface area contributed by atoms with Crippen LogP contribution >= 0.6 is 24.0 Å². The molecule has 0 unspecified atom stereocenters. The van der Waals surface area contributed by atoms with E-state index in [0.717, 1.165) is 29.5 Å². The highest BCUT2D eigenvalue weighted by atomic mass is 127.